The fourth-order valence-electron chi connectivity index (χ4n) is 5.27. The van der Waals surface area contributed by atoms with E-state index in [0.29, 0.717) is 12.8 Å². The molecule has 0 aliphatic heterocycles. The predicted octanol–water partition coefficient (Wildman–Crippen LogP) is 12.2. The second kappa shape index (κ2) is 36.8. The van der Waals surface area contributed by atoms with Gasteiger partial charge in [-0.15, -0.1) is 0 Å². The zero-order valence-electron chi connectivity index (χ0n) is 32.0. The van der Waals surface area contributed by atoms with Crippen LogP contribution in [0.1, 0.15) is 175 Å². The van der Waals surface area contributed by atoms with E-state index < -0.39 is 26.5 Å². The number of unbranched alkanes of at least 4 members (excludes halogenated alkanes) is 16. The van der Waals surface area contributed by atoms with Crippen molar-refractivity contribution in [1.29, 1.82) is 0 Å². The fraction of sp³-hybridized carbons (Fsp3) is 0.756. The van der Waals surface area contributed by atoms with Crippen molar-refractivity contribution in [2.75, 3.05) is 19.8 Å². The van der Waals surface area contributed by atoms with E-state index in [2.05, 4.69) is 62.5 Å². The average Bonchev–Trinajstić information content (AvgIpc) is 3.09. The number of hydrogen-bond donors (Lipinski definition) is 1. The summed E-state index contributed by atoms with van der Waals surface area (Å²) in [6, 6.07) is 0. The first kappa shape index (κ1) is 48.0. The highest BCUT2D eigenvalue weighted by Gasteiger charge is 2.25. The van der Waals surface area contributed by atoms with Gasteiger partial charge in [0.2, 0.25) is 0 Å². The average molecular weight is 725 g/mol. The van der Waals surface area contributed by atoms with E-state index in [1.807, 2.05) is 0 Å². The third-order valence-corrected chi connectivity index (χ3v) is 9.21. The molecule has 0 saturated carbocycles. The Labute approximate surface area is 306 Å². The molecule has 0 radical (unpaired) electrons. The van der Waals surface area contributed by atoms with Crippen molar-refractivity contribution in [3.05, 3.63) is 48.6 Å². The van der Waals surface area contributed by atoms with Crippen molar-refractivity contribution in [2.45, 2.75) is 181 Å². The van der Waals surface area contributed by atoms with Gasteiger partial charge in [-0.05, 0) is 58.3 Å². The number of phosphoric acid groups is 1. The molecule has 0 aromatic rings. The van der Waals surface area contributed by atoms with Gasteiger partial charge in [-0.25, -0.2) is 4.57 Å². The summed E-state index contributed by atoms with van der Waals surface area (Å²) < 4.78 is 32.5. The Hall–Kier alpha value is -1.99. The van der Waals surface area contributed by atoms with Crippen molar-refractivity contribution < 1.29 is 37.6 Å². The Bertz CT molecular complexity index is 958. The van der Waals surface area contributed by atoms with Crippen LogP contribution in [0.15, 0.2) is 48.6 Å². The van der Waals surface area contributed by atoms with Gasteiger partial charge in [0.25, 0.3) is 0 Å². The zero-order chi connectivity index (χ0) is 36.8. The normalized spacial score (nSPS) is 13.9. The molecule has 0 amide bonds. The number of rotatable bonds is 36. The number of hydrogen-bond acceptors (Lipinski definition) is 7. The molecule has 2 unspecified atom stereocenters. The molecule has 2 atom stereocenters. The van der Waals surface area contributed by atoms with E-state index in [4.69, 9.17) is 18.5 Å². The van der Waals surface area contributed by atoms with Crippen molar-refractivity contribution in [3.8, 4) is 0 Å². The van der Waals surface area contributed by atoms with Gasteiger partial charge in [0.15, 0.2) is 6.10 Å². The Morgan fingerprint density at radius 2 is 1.02 bits per heavy atom. The minimum Gasteiger partial charge on any atom is -0.462 e. The molecule has 8 nitrogen and oxygen atoms in total. The molecule has 290 valence electrons. The van der Waals surface area contributed by atoms with E-state index in [0.717, 1.165) is 70.6 Å². The molecule has 0 spiro atoms. The van der Waals surface area contributed by atoms with E-state index in [1.54, 1.807) is 6.92 Å². The van der Waals surface area contributed by atoms with Crippen molar-refractivity contribution in [2.24, 2.45) is 0 Å². The van der Waals surface area contributed by atoms with Crippen LogP contribution in [0, 0.1) is 0 Å². The van der Waals surface area contributed by atoms with Crippen LogP contribution < -0.4 is 0 Å². The van der Waals surface area contributed by atoms with E-state index in [-0.39, 0.29) is 25.6 Å². The maximum atomic E-state index is 12.5. The summed E-state index contributed by atoms with van der Waals surface area (Å²) in [5.74, 6) is -0.811. The molecule has 0 heterocycles. The van der Waals surface area contributed by atoms with Gasteiger partial charge in [-0.3, -0.25) is 18.6 Å². The molecule has 0 fully saturated rings. The predicted molar refractivity (Wildman–Crippen MR) is 207 cm³/mol. The molecule has 0 aliphatic rings. The first-order chi connectivity index (χ1) is 24.3. The maximum Gasteiger partial charge on any atom is 0.472 e. The highest BCUT2D eigenvalue weighted by molar-refractivity contribution is 7.47. The Morgan fingerprint density at radius 3 is 1.54 bits per heavy atom. The van der Waals surface area contributed by atoms with Gasteiger partial charge in [0.1, 0.15) is 6.61 Å². The lowest BCUT2D eigenvalue weighted by atomic mass is 10.1. The van der Waals surface area contributed by atoms with Crippen LogP contribution >= 0.6 is 7.82 Å². The largest absolute Gasteiger partial charge is 0.472 e. The molecule has 0 rings (SSSR count). The van der Waals surface area contributed by atoms with E-state index in [9.17, 15) is 19.0 Å². The second-order valence-corrected chi connectivity index (χ2v) is 14.4. The minimum absolute atomic E-state index is 0.00199. The molecule has 0 aromatic carbocycles. The van der Waals surface area contributed by atoms with Crippen LogP contribution in [0.25, 0.3) is 0 Å². The van der Waals surface area contributed by atoms with Crippen LogP contribution in [-0.4, -0.2) is 42.8 Å². The molecule has 0 saturated heterocycles. The molecule has 0 aromatic heterocycles. The van der Waals surface area contributed by atoms with Gasteiger partial charge < -0.3 is 14.4 Å². The number of esters is 2. The Kier molecular flexibility index (Phi) is 35.3. The zero-order valence-corrected chi connectivity index (χ0v) is 32.9. The first-order valence-electron chi connectivity index (χ1n) is 19.9. The maximum absolute atomic E-state index is 12.5. The fourth-order valence-corrected chi connectivity index (χ4v) is 6.02. The highest BCUT2D eigenvalue weighted by Crippen LogP contribution is 2.43. The van der Waals surface area contributed by atoms with Gasteiger partial charge in [-0.1, -0.05) is 152 Å². The summed E-state index contributed by atoms with van der Waals surface area (Å²) in [6.07, 6.45) is 41.7. The van der Waals surface area contributed by atoms with Crippen LogP contribution in [0.2, 0.25) is 0 Å². The number of carbonyl (C=O) groups excluding carboxylic acids is 2. The monoisotopic (exact) mass is 725 g/mol. The molecule has 50 heavy (non-hydrogen) atoms. The summed E-state index contributed by atoms with van der Waals surface area (Å²) >= 11 is 0. The van der Waals surface area contributed by atoms with Crippen molar-refractivity contribution in [3.63, 3.8) is 0 Å². The number of phosphoric ester groups is 1. The van der Waals surface area contributed by atoms with Gasteiger partial charge in [0, 0.05) is 12.8 Å². The quantitative estimate of drug-likeness (QED) is 0.0294. The van der Waals surface area contributed by atoms with E-state index in [1.165, 1.54) is 64.2 Å². The molecule has 0 aliphatic carbocycles. The smallest absolute Gasteiger partial charge is 0.462 e. The third-order valence-electron chi connectivity index (χ3n) is 8.15. The lowest BCUT2D eigenvalue weighted by Gasteiger charge is -2.19. The van der Waals surface area contributed by atoms with Gasteiger partial charge in [0.05, 0.1) is 13.2 Å². The van der Waals surface area contributed by atoms with Crippen molar-refractivity contribution >= 4 is 19.8 Å². The topological polar surface area (TPSA) is 108 Å². The molecule has 9 heteroatoms. The van der Waals surface area contributed by atoms with Gasteiger partial charge in [-0.2, -0.15) is 0 Å². The minimum atomic E-state index is -4.28. The van der Waals surface area contributed by atoms with Crippen LogP contribution in [0.3, 0.4) is 0 Å². The standard InChI is InChI=1S/C41H73O8P/c1-4-7-9-11-13-15-16-17-18-19-20-21-22-23-24-25-26-28-30-32-34-36-41(43)49-39(38-48-50(44,45)47-6-3)37-46-40(42)35-33-31-29-27-14-12-10-8-5-2/h7,9,13,15,17-18,20-21,39H,4-6,8,10-12,14,16,19,22-38H2,1-3H3,(H,44,45)/b9-7-,15-13-,18-17-,21-20-. The number of ether oxygens (including phenoxy) is 2. The molecular formula is C41H73O8P. The van der Waals surface area contributed by atoms with Crippen molar-refractivity contribution in [1.82, 2.24) is 0 Å². The SMILES string of the molecule is CC/C=C\C/C=C\C/C=C\C/C=C\CCCCCCCCCCC(=O)OC(COC(=O)CCCCCCCCCCC)COP(=O)(O)OCC. The highest BCUT2D eigenvalue weighted by atomic mass is 31.2. The third kappa shape index (κ3) is 35.8. The lowest BCUT2D eigenvalue weighted by molar-refractivity contribution is -0.161. The Balaban J connectivity index is 4.08. The molecule has 1 N–H and O–H groups in total. The molecule has 0 bridgehead atoms. The van der Waals surface area contributed by atoms with E-state index >= 15 is 0 Å². The summed E-state index contributed by atoms with van der Waals surface area (Å²) in [7, 11) is -4.28. The van der Waals surface area contributed by atoms with Crippen LogP contribution in [-0.2, 0) is 32.7 Å². The Morgan fingerprint density at radius 1 is 0.560 bits per heavy atom. The summed E-state index contributed by atoms with van der Waals surface area (Å²) in [6.45, 7) is 5.32. The van der Waals surface area contributed by atoms with Crippen LogP contribution in [0.4, 0.5) is 0 Å². The first-order valence-corrected chi connectivity index (χ1v) is 21.4. The second-order valence-electron chi connectivity index (χ2n) is 12.9. The van der Waals surface area contributed by atoms with Gasteiger partial charge >= 0.3 is 19.8 Å². The number of carbonyl (C=O) groups is 2. The summed E-state index contributed by atoms with van der Waals surface area (Å²) in [4.78, 5) is 34.6. The summed E-state index contributed by atoms with van der Waals surface area (Å²) in [5.41, 5.74) is 0. The molecular weight excluding hydrogens is 651 g/mol. The van der Waals surface area contributed by atoms with Crippen LogP contribution in [0.5, 0.6) is 0 Å². The summed E-state index contributed by atoms with van der Waals surface area (Å²) in [5, 5.41) is 0. The number of allylic oxidation sites excluding steroid dienone is 8. The lowest BCUT2D eigenvalue weighted by Crippen LogP contribution is -2.29.